The smallest absolute Gasteiger partial charge is 0.333 e. The topological polar surface area (TPSA) is 107 Å². The molecule has 9 heteroatoms. The SMILES string of the molecule is Cc1nn(C(C)C)c(NCCS(C)(=O)=O)c1[N+](=O)[O-]. The quantitative estimate of drug-likeness (QED) is 0.621. The van der Waals surface area contributed by atoms with Crippen molar-refractivity contribution in [3.05, 3.63) is 15.8 Å². The van der Waals surface area contributed by atoms with Crippen LogP contribution in [0.3, 0.4) is 0 Å². The Kier molecular flexibility index (Phi) is 4.51. The van der Waals surface area contributed by atoms with Gasteiger partial charge in [0.2, 0.25) is 5.82 Å². The molecule has 1 aromatic rings. The molecular weight excluding hydrogens is 272 g/mol. The van der Waals surface area contributed by atoms with Crippen LogP contribution in [0.1, 0.15) is 25.6 Å². The fourth-order valence-corrected chi connectivity index (χ4v) is 2.12. The molecule has 0 amide bonds. The standard InChI is InChI=1S/C10H18N4O4S/c1-7(2)13-10(11-5-6-19(4,17)18)9(14(15)16)8(3)12-13/h7,11H,5-6H2,1-4H3. The number of nitrogens with one attached hydrogen (secondary N) is 1. The summed E-state index contributed by atoms with van der Waals surface area (Å²) in [5.74, 6) is 0.160. The van der Waals surface area contributed by atoms with E-state index < -0.39 is 14.8 Å². The van der Waals surface area contributed by atoms with Crippen molar-refractivity contribution >= 4 is 21.3 Å². The Hall–Kier alpha value is -1.64. The Morgan fingerprint density at radius 1 is 1.47 bits per heavy atom. The van der Waals surface area contributed by atoms with Crippen LogP contribution in [0.2, 0.25) is 0 Å². The van der Waals surface area contributed by atoms with Crippen LogP contribution in [-0.4, -0.2) is 41.7 Å². The Morgan fingerprint density at radius 2 is 2.05 bits per heavy atom. The highest BCUT2D eigenvalue weighted by Gasteiger charge is 2.26. The van der Waals surface area contributed by atoms with Gasteiger partial charge in [0, 0.05) is 18.8 Å². The highest BCUT2D eigenvalue weighted by molar-refractivity contribution is 7.90. The normalized spacial score (nSPS) is 11.8. The van der Waals surface area contributed by atoms with Crippen molar-refractivity contribution in [2.75, 3.05) is 23.9 Å². The van der Waals surface area contributed by atoms with Crippen molar-refractivity contribution < 1.29 is 13.3 Å². The molecule has 0 aliphatic rings. The number of hydrogen-bond donors (Lipinski definition) is 1. The molecule has 0 aliphatic heterocycles. The van der Waals surface area contributed by atoms with E-state index in [0.29, 0.717) is 5.69 Å². The minimum Gasteiger partial charge on any atom is -0.363 e. The van der Waals surface area contributed by atoms with Gasteiger partial charge in [-0.2, -0.15) is 5.10 Å². The predicted molar refractivity (Wildman–Crippen MR) is 72.2 cm³/mol. The summed E-state index contributed by atoms with van der Waals surface area (Å²) in [4.78, 5) is 10.5. The van der Waals surface area contributed by atoms with Crippen molar-refractivity contribution in [2.24, 2.45) is 0 Å². The maximum Gasteiger partial charge on any atom is 0.333 e. The van der Waals surface area contributed by atoms with Crippen LogP contribution in [-0.2, 0) is 9.84 Å². The largest absolute Gasteiger partial charge is 0.363 e. The molecule has 0 aromatic carbocycles. The highest BCUT2D eigenvalue weighted by Crippen LogP contribution is 2.30. The summed E-state index contributed by atoms with van der Waals surface area (Å²) in [5.41, 5.74) is 0.197. The third-order valence-electron chi connectivity index (χ3n) is 2.49. The molecule has 0 saturated heterocycles. The molecule has 19 heavy (non-hydrogen) atoms. The molecule has 1 rings (SSSR count). The molecule has 0 aliphatic carbocycles. The van der Waals surface area contributed by atoms with Gasteiger partial charge in [-0.3, -0.25) is 10.1 Å². The van der Waals surface area contributed by atoms with Gasteiger partial charge in [0.25, 0.3) is 0 Å². The van der Waals surface area contributed by atoms with Crippen molar-refractivity contribution in [1.29, 1.82) is 0 Å². The summed E-state index contributed by atoms with van der Waals surface area (Å²) in [6.07, 6.45) is 1.12. The number of hydrogen-bond acceptors (Lipinski definition) is 6. The first-order chi connectivity index (χ1) is 8.63. The summed E-state index contributed by atoms with van der Waals surface area (Å²) in [6, 6.07) is -0.0619. The van der Waals surface area contributed by atoms with Crippen molar-refractivity contribution in [1.82, 2.24) is 9.78 Å². The average Bonchev–Trinajstić information content (AvgIpc) is 2.53. The molecule has 0 fully saturated rings. The Balaban J connectivity index is 3.05. The van der Waals surface area contributed by atoms with E-state index in [1.807, 2.05) is 13.8 Å². The van der Waals surface area contributed by atoms with Gasteiger partial charge in [-0.1, -0.05) is 0 Å². The Labute approximate surface area is 111 Å². The molecule has 0 radical (unpaired) electrons. The lowest BCUT2D eigenvalue weighted by atomic mass is 10.3. The molecule has 0 bridgehead atoms. The molecule has 0 saturated carbocycles. The molecule has 0 unspecified atom stereocenters. The number of aromatic nitrogens is 2. The van der Waals surface area contributed by atoms with E-state index >= 15 is 0 Å². The van der Waals surface area contributed by atoms with E-state index in [0.717, 1.165) is 6.26 Å². The fraction of sp³-hybridized carbons (Fsp3) is 0.700. The van der Waals surface area contributed by atoms with E-state index in [9.17, 15) is 18.5 Å². The summed E-state index contributed by atoms with van der Waals surface area (Å²) < 4.78 is 23.6. The molecule has 0 spiro atoms. The first kappa shape index (κ1) is 15.4. The molecule has 1 aromatic heterocycles. The first-order valence-corrected chi connectivity index (χ1v) is 7.84. The van der Waals surface area contributed by atoms with Gasteiger partial charge in [0.1, 0.15) is 15.5 Å². The van der Waals surface area contributed by atoms with Gasteiger partial charge >= 0.3 is 5.69 Å². The van der Waals surface area contributed by atoms with Gasteiger partial charge in [0.05, 0.1) is 10.7 Å². The van der Waals surface area contributed by atoms with Crippen LogP contribution in [0.15, 0.2) is 0 Å². The third kappa shape index (κ3) is 3.91. The van der Waals surface area contributed by atoms with Gasteiger partial charge in [-0.25, -0.2) is 13.1 Å². The number of sulfone groups is 1. The van der Waals surface area contributed by atoms with Crippen LogP contribution < -0.4 is 5.32 Å². The number of aryl methyl sites for hydroxylation is 1. The van der Waals surface area contributed by atoms with Crippen LogP contribution in [0.25, 0.3) is 0 Å². The number of rotatable bonds is 6. The summed E-state index contributed by atoms with van der Waals surface area (Å²) in [6.45, 7) is 5.35. The predicted octanol–water partition coefficient (Wildman–Crippen LogP) is 1.14. The Bertz CT molecular complexity index is 577. The van der Waals surface area contributed by atoms with Crippen LogP contribution >= 0.6 is 0 Å². The second kappa shape index (κ2) is 5.55. The molecule has 108 valence electrons. The minimum absolute atomic E-state index is 0.0619. The van der Waals surface area contributed by atoms with Gasteiger partial charge in [0.15, 0.2) is 0 Å². The highest BCUT2D eigenvalue weighted by atomic mass is 32.2. The molecule has 1 N–H and O–H groups in total. The summed E-state index contributed by atoms with van der Waals surface area (Å²) in [7, 11) is -3.12. The Morgan fingerprint density at radius 3 is 2.47 bits per heavy atom. The number of nitro groups is 1. The van der Waals surface area contributed by atoms with E-state index in [1.54, 1.807) is 6.92 Å². The van der Waals surface area contributed by atoms with Crippen LogP contribution in [0, 0.1) is 17.0 Å². The number of anilines is 1. The van der Waals surface area contributed by atoms with Crippen LogP contribution in [0.5, 0.6) is 0 Å². The lowest BCUT2D eigenvalue weighted by Gasteiger charge is -2.11. The van der Waals surface area contributed by atoms with E-state index in [2.05, 4.69) is 10.4 Å². The van der Waals surface area contributed by atoms with Crippen molar-refractivity contribution in [3.8, 4) is 0 Å². The van der Waals surface area contributed by atoms with Crippen molar-refractivity contribution in [3.63, 3.8) is 0 Å². The van der Waals surface area contributed by atoms with E-state index in [1.165, 1.54) is 4.68 Å². The number of nitrogens with zero attached hydrogens (tertiary/aromatic N) is 3. The second-order valence-corrected chi connectivity index (χ2v) is 6.89. The van der Waals surface area contributed by atoms with Crippen molar-refractivity contribution in [2.45, 2.75) is 26.8 Å². The van der Waals surface area contributed by atoms with E-state index in [-0.39, 0.29) is 29.8 Å². The maximum atomic E-state index is 11.1. The van der Waals surface area contributed by atoms with E-state index in [4.69, 9.17) is 0 Å². The zero-order chi connectivity index (χ0) is 14.8. The lowest BCUT2D eigenvalue weighted by Crippen LogP contribution is -2.17. The monoisotopic (exact) mass is 290 g/mol. The molecule has 8 nitrogen and oxygen atoms in total. The van der Waals surface area contributed by atoms with Crippen LogP contribution in [0.4, 0.5) is 11.5 Å². The lowest BCUT2D eigenvalue weighted by molar-refractivity contribution is -0.384. The third-order valence-corrected chi connectivity index (χ3v) is 3.44. The van der Waals surface area contributed by atoms with Gasteiger partial charge in [-0.15, -0.1) is 0 Å². The second-order valence-electron chi connectivity index (χ2n) is 4.63. The summed E-state index contributed by atoms with van der Waals surface area (Å²) >= 11 is 0. The fourth-order valence-electron chi connectivity index (χ4n) is 1.65. The molecule has 0 atom stereocenters. The zero-order valence-corrected chi connectivity index (χ0v) is 12.2. The van der Waals surface area contributed by atoms with Gasteiger partial charge in [-0.05, 0) is 20.8 Å². The average molecular weight is 290 g/mol. The minimum atomic E-state index is -3.12. The maximum absolute atomic E-state index is 11.1. The first-order valence-electron chi connectivity index (χ1n) is 5.78. The molecule has 1 heterocycles. The van der Waals surface area contributed by atoms with Gasteiger partial charge < -0.3 is 5.32 Å². The zero-order valence-electron chi connectivity index (χ0n) is 11.4. The summed E-state index contributed by atoms with van der Waals surface area (Å²) in [5, 5.41) is 17.9. The molecular formula is C10H18N4O4S.